The molecule has 2 aromatic heterocycles. The summed E-state index contributed by atoms with van der Waals surface area (Å²) >= 11 is 1.63. The normalized spacial score (nSPS) is 11.2. The number of aryl methyl sites for hydroxylation is 1. The second-order valence-corrected chi connectivity index (χ2v) is 8.70. The minimum absolute atomic E-state index is 0.00323. The summed E-state index contributed by atoms with van der Waals surface area (Å²) in [6.07, 6.45) is 2.42. The Hall–Kier alpha value is -3.70. The summed E-state index contributed by atoms with van der Waals surface area (Å²) in [6, 6.07) is 28.3. The third kappa shape index (κ3) is 4.20. The molecule has 5 aromatic rings. The predicted octanol–water partition coefficient (Wildman–Crippen LogP) is 6.53. The third-order valence-electron chi connectivity index (χ3n) is 5.62. The third-order valence-corrected chi connectivity index (χ3v) is 6.58. The van der Waals surface area contributed by atoms with E-state index in [1.165, 1.54) is 5.69 Å². The van der Waals surface area contributed by atoms with Crippen molar-refractivity contribution < 1.29 is 4.79 Å². The number of thiazole rings is 1. The second kappa shape index (κ2) is 8.81. The number of carbonyl (C=O) groups excluding carboxylic acids is 1. The van der Waals surface area contributed by atoms with Crippen molar-refractivity contribution in [1.29, 1.82) is 0 Å². The van der Waals surface area contributed by atoms with Gasteiger partial charge in [0.1, 0.15) is 0 Å². The van der Waals surface area contributed by atoms with Crippen molar-refractivity contribution in [2.45, 2.75) is 19.3 Å². The molecular weight excluding hydrogens is 414 g/mol. The van der Waals surface area contributed by atoms with Gasteiger partial charge in [-0.05, 0) is 30.2 Å². The van der Waals surface area contributed by atoms with Crippen LogP contribution >= 0.6 is 11.3 Å². The Labute approximate surface area is 191 Å². The van der Waals surface area contributed by atoms with Gasteiger partial charge in [-0.15, -0.1) is 11.3 Å². The number of benzene rings is 3. The van der Waals surface area contributed by atoms with Crippen LogP contribution in [0.5, 0.6) is 0 Å². The van der Waals surface area contributed by atoms with Crippen molar-refractivity contribution in [2.75, 3.05) is 5.32 Å². The van der Waals surface area contributed by atoms with E-state index in [9.17, 15) is 4.79 Å². The molecule has 0 unspecified atom stereocenters. The summed E-state index contributed by atoms with van der Waals surface area (Å²) in [5.41, 5.74) is 6.11. The van der Waals surface area contributed by atoms with Crippen molar-refractivity contribution in [3.63, 3.8) is 0 Å². The monoisotopic (exact) mass is 437 g/mol. The van der Waals surface area contributed by atoms with E-state index in [0.717, 1.165) is 33.0 Å². The van der Waals surface area contributed by atoms with Crippen LogP contribution in [0.4, 0.5) is 5.69 Å². The quantitative estimate of drug-likeness (QED) is 0.328. The summed E-state index contributed by atoms with van der Waals surface area (Å²) in [5.74, 6) is -0.00925. The summed E-state index contributed by atoms with van der Waals surface area (Å²) in [4.78, 5) is 18.7. The molecule has 158 valence electrons. The smallest absolute Gasteiger partial charge is 0.225 e. The molecule has 0 atom stereocenters. The number of nitrogens with one attached hydrogen (secondary N) is 1. The molecule has 0 aliphatic rings. The molecule has 0 aliphatic heterocycles. The van der Waals surface area contributed by atoms with Crippen LogP contribution in [0.1, 0.15) is 29.2 Å². The number of hydrogen-bond donors (Lipinski definition) is 1. The highest BCUT2D eigenvalue weighted by atomic mass is 32.1. The van der Waals surface area contributed by atoms with Crippen LogP contribution in [0.15, 0.2) is 96.5 Å². The topological polar surface area (TPSA) is 46.4 Å². The van der Waals surface area contributed by atoms with Crippen LogP contribution in [0, 0.1) is 6.92 Å². The average molecular weight is 438 g/mol. The van der Waals surface area contributed by atoms with Crippen LogP contribution in [-0.4, -0.2) is 15.3 Å². The molecular formula is C27H23N3OS. The maximum atomic E-state index is 13.0. The fourth-order valence-corrected chi connectivity index (χ4v) is 4.84. The van der Waals surface area contributed by atoms with E-state index in [-0.39, 0.29) is 11.8 Å². The molecule has 0 aliphatic carbocycles. The first-order valence-corrected chi connectivity index (χ1v) is 11.5. The number of carbonyl (C=O) groups is 1. The van der Waals surface area contributed by atoms with E-state index in [2.05, 4.69) is 46.3 Å². The Balaban J connectivity index is 1.36. The lowest BCUT2D eigenvalue weighted by Gasteiger charge is -2.18. The molecule has 0 fully saturated rings. The van der Waals surface area contributed by atoms with Gasteiger partial charge in [0.25, 0.3) is 0 Å². The molecule has 0 saturated carbocycles. The van der Waals surface area contributed by atoms with E-state index >= 15 is 0 Å². The van der Waals surface area contributed by atoms with Gasteiger partial charge in [0.15, 0.2) is 4.96 Å². The Morgan fingerprint density at radius 1 is 0.969 bits per heavy atom. The largest absolute Gasteiger partial charge is 0.326 e. The highest BCUT2D eigenvalue weighted by molar-refractivity contribution is 7.15. The molecule has 0 saturated heterocycles. The fraction of sp³-hybridized carbons (Fsp3) is 0.111. The Bertz CT molecular complexity index is 1320. The number of rotatable bonds is 6. The molecule has 5 heteroatoms. The molecule has 0 radical (unpaired) electrons. The van der Waals surface area contributed by atoms with E-state index in [4.69, 9.17) is 4.98 Å². The van der Waals surface area contributed by atoms with Gasteiger partial charge in [0.2, 0.25) is 5.91 Å². The van der Waals surface area contributed by atoms with E-state index in [1.54, 1.807) is 11.3 Å². The van der Waals surface area contributed by atoms with Crippen molar-refractivity contribution in [3.8, 4) is 11.3 Å². The van der Waals surface area contributed by atoms with E-state index in [0.29, 0.717) is 6.42 Å². The number of fused-ring (bicyclic) bond motifs is 1. The average Bonchev–Trinajstić information content (AvgIpc) is 3.41. The molecule has 3 aromatic carbocycles. The Morgan fingerprint density at radius 2 is 1.66 bits per heavy atom. The first-order valence-electron chi connectivity index (χ1n) is 10.6. The first kappa shape index (κ1) is 20.2. The zero-order valence-corrected chi connectivity index (χ0v) is 18.5. The second-order valence-electron chi connectivity index (χ2n) is 7.86. The molecule has 32 heavy (non-hydrogen) atoms. The zero-order chi connectivity index (χ0) is 21.9. The van der Waals surface area contributed by atoms with Crippen LogP contribution < -0.4 is 5.32 Å². The number of hydrogen-bond acceptors (Lipinski definition) is 3. The lowest BCUT2D eigenvalue weighted by atomic mass is 9.88. The van der Waals surface area contributed by atoms with E-state index in [1.807, 2.05) is 66.9 Å². The lowest BCUT2D eigenvalue weighted by Crippen LogP contribution is -2.16. The van der Waals surface area contributed by atoms with Crippen molar-refractivity contribution in [3.05, 3.63) is 113 Å². The summed E-state index contributed by atoms with van der Waals surface area (Å²) in [5, 5.41) is 5.19. The van der Waals surface area contributed by atoms with Crippen molar-refractivity contribution >= 4 is 27.9 Å². The number of aromatic nitrogens is 2. The predicted molar refractivity (Wildman–Crippen MR) is 131 cm³/mol. The lowest BCUT2D eigenvalue weighted by molar-refractivity contribution is -0.116. The standard InChI is InChI=1S/C27H23N3OS/c1-19-18-32-27-29-25(17-30(19)27)22-13-8-14-23(15-22)28-26(31)16-24(20-9-4-2-5-10-20)21-11-6-3-7-12-21/h2-15,17-18,24H,16H2,1H3,(H,28,31). The zero-order valence-electron chi connectivity index (χ0n) is 17.7. The van der Waals surface area contributed by atoms with Crippen molar-refractivity contribution in [2.24, 2.45) is 0 Å². The number of anilines is 1. The van der Waals surface area contributed by atoms with Crippen LogP contribution in [-0.2, 0) is 4.79 Å². The van der Waals surface area contributed by atoms with Gasteiger partial charge in [-0.2, -0.15) is 0 Å². The molecule has 1 N–H and O–H groups in total. The van der Waals surface area contributed by atoms with Gasteiger partial charge in [-0.1, -0.05) is 72.8 Å². The summed E-state index contributed by atoms with van der Waals surface area (Å²) in [6.45, 7) is 2.07. The van der Waals surface area contributed by atoms with Crippen LogP contribution in [0.2, 0.25) is 0 Å². The van der Waals surface area contributed by atoms with E-state index < -0.39 is 0 Å². The van der Waals surface area contributed by atoms with Gasteiger partial charge >= 0.3 is 0 Å². The number of imidazole rings is 1. The Kier molecular flexibility index (Phi) is 5.57. The van der Waals surface area contributed by atoms with Crippen LogP contribution in [0.3, 0.4) is 0 Å². The number of nitrogens with zero attached hydrogens (tertiary/aromatic N) is 2. The minimum Gasteiger partial charge on any atom is -0.326 e. The van der Waals surface area contributed by atoms with Crippen LogP contribution in [0.25, 0.3) is 16.2 Å². The molecule has 0 spiro atoms. The first-order chi connectivity index (χ1) is 15.7. The Morgan fingerprint density at radius 3 is 2.31 bits per heavy atom. The van der Waals surface area contributed by atoms with Gasteiger partial charge in [-0.3, -0.25) is 9.20 Å². The maximum Gasteiger partial charge on any atom is 0.225 e. The molecule has 0 bridgehead atoms. The van der Waals surface area contributed by atoms with Gasteiger partial charge < -0.3 is 5.32 Å². The molecule has 4 nitrogen and oxygen atoms in total. The number of amides is 1. The maximum absolute atomic E-state index is 13.0. The van der Waals surface area contributed by atoms with Gasteiger partial charge in [0.05, 0.1) is 5.69 Å². The highest BCUT2D eigenvalue weighted by Crippen LogP contribution is 2.29. The molecule has 5 rings (SSSR count). The molecule has 2 heterocycles. The fourth-order valence-electron chi connectivity index (χ4n) is 3.99. The minimum atomic E-state index is -0.0125. The van der Waals surface area contributed by atoms with Crippen molar-refractivity contribution in [1.82, 2.24) is 9.38 Å². The molecule has 1 amide bonds. The highest BCUT2D eigenvalue weighted by Gasteiger charge is 2.18. The summed E-state index contributed by atoms with van der Waals surface area (Å²) < 4.78 is 2.09. The SMILES string of the molecule is Cc1csc2nc(-c3cccc(NC(=O)CC(c4ccccc4)c4ccccc4)c3)cn12. The van der Waals surface area contributed by atoms with Gasteiger partial charge in [0, 0.05) is 40.9 Å². The summed E-state index contributed by atoms with van der Waals surface area (Å²) in [7, 11) is 0. The van der Waals surface area contributed by atoms with Gasteiger partial charge in [-0.25, -0.2) is 4.98 Å².